The molecule has 0 aromatic heterocycles. The molecule has 2 nitrogen and oxygen atoms in total. The first-order valence-corrected chi connectivity index (χ1v) is 6.72. The first kappa shape index (κ1) is 14.1. The summed E-state index contributed by atoms with van der Waals surface area (Å²) in [5.74, 6) is 0.0508. The van der Waals surface area contributed by atoms with E-state index in [2.05, 4.69) is 29.6 Å². The molecule has 0 spiro atoms. The molecule has 2 aromatic carbocycles. The van der Waals surface area contributed by atoms with Gasteiger partial charge in [-0.05, 0) is 31.1 Å². The second kappa shape index (κ2) is 6.71. The van der Waals surface area contributed by atoms with Crippen LogP contribution < -0.4 is 5.32 Å². The fourth-order valence-corrected chi connectivity index (χ4v) is 2.22. The molecule has 0 aliphatic heterocycles. The van der Waals surface area contributed by atoms with Crippen LogP contribution in [0.4, 0.5) is 0 Å². The Morgan fingerprint density at radius 1 is 0.900 bits per heavy atom. The van der Waals surface area contributed by atoms with E-state index in [1.807, 2.05) is 43.3 Å². The molecule has 0 aliphatic rings. The molecule has 2 rings (SSSR count). The molecule has 0 radical (unpaired) electrons. The number of hydrogen-bond donors (Lipinski definition) is 1. The minimum Gasteiger partial charge on any atom is -0.378 e. The summed E-state index contributed by atoms with van der Waals surface area (Å²) in [5.41, 5.74) is 3.22. The molecule has 2 aromatic rings. The van der Waals surface area contributed by atoms with Crippen molar-refractivity contribution < 1.29 is 4.79 Å². The quantitative estimate of drug-likeness (QED) is 0.832. The Kier molecular flexibility index (Phi) is 4.72. The molecule has 0 unspecified atom stereocenters. The van der Waals surface area contributed by atoms with Crippen molar-refractivity contribution in [2.24, 2.45) is 0 Å². The summed E-state index contributed by atoms with van der Waals surface area (Å²) in [4.78, 5) is 11.2. The second-order valence-corrected chi connectivity index (χ2v) is 4.84. The predicted octanol–water partition coefficient (Wildman–Crippen LogP) is 3.86. The van der Waals surface area contributed by atoms with Crippen molar-refractivity contribution in [2.45, 2.75) is 19.9 Å². The van der Waals surface area contributed by atoms with Gasteiger partial charge in [0.1, 0.15) is 0 Å². The maximum atomic E-state index is 11.2. The number of benzene rings is 2. The highest BCUT2D eigenvalue weighted by Gasteiger charge is 2.13. The Morgan fingerprint density at radius 3 is 1.75 bits per heavy atom. The van der Waals surface area contributed by atoms with Crippen molar-refractivity contribution in [3.8, 4) is 0 Å². The van der Waals surface area contributed by atoms with Crippen LogP contribution >= 0.6 is 0 Å². The molecule has 0 saturated carbocycles. The lowest BCUT2D eigenvalue weighted by Gasteiger charge is -2.21. The van der Waals surface area contributed by atoms with Gasteiger partial charge < -0.3 is 5.32 Å². The fourth-order valence-electron chi connectivity index (χ4n) is 2.22. The Balaban J connectivity index is 2.33. The van der Waals surface area contributed by atoms with Crippen LogP contribution in [-0.4, -0.2) is 5.78 Å². The van der Waals surface area contributed by atoms with Gasteiger partial charge in [0.05, 0.1) is 6.04 Å². The summed E-state index contributed by atoms with van der Waals surface area (Å²) in [5, 5.41) is 3.42. The van der Waals surface area contributed by atoms with Gasteiger partial charge in [0, 0.05) is 5.70 Å². The first-order chi connectivity index (χ1) is 9.66. The molecule has 0 bridgehead atoms. The van der Waals surface area contributed by atoms with E-state index in [0.717, 1.165) is 5.70 Å². The zero-order valence-corrected chi connectivity index (χ0v) is 11.8. The SMILES string of the molecule is CC(=O)/C=C(\C)NC(c1ccccc1)c1ccccc1. The first-order valence-electron chi connectivity index (χ1n) is 6.72. The van der Waals surface area contributed by atoms with Gasteiger partial charge in [-0.25, -0.2) is 0 Å². The van der Waals surface area contributed by atoms with Gasteiger partial charge in [0.15, 0.2) is 5.78 Å². The van der Waals surface area contributed by atoms with Gasteiger partial charge in [-0.1, -0.05) is 60.7 Å². The Labute approximate surface area is 120 Å². The molecule has 0 heterocycles. The Bertz CT molecular complexity index is 548. The lowest BCUT2D eigenvalue weighted by atomic mass is 9.98. The summed E-state index contributed by atoms with van der Waals surface area (Å²) in [6.45, 7) is 3.48. The third-order valence-corrected chi connectivity index (χ3v) is 3.06. The average molecular weight is 265 g/mol. The van der Waals surface area contributed by atoms with Crippen LogP contribution in [0, 0.1) is 0 Å². The summed E-state index contributed by atoms with van der Waals surface area (Å²) >= 11 is 0. The van der Waals surface area contributed by atoms with Crippen LogP contribution in [0.15, 0.2) is 72.4 Å². The Morgan fingerprint density at radius 2 is 1.35 bits per heavy atom. The topological polar surface area (TPSA) is 29.1 Å². The number of nitrogens with one attached hydrogen (secondary N) is 1. The van der Waals surface area contributed by atoms with Gasteiger partial charge in [-0.15, -0.1) is 0 Å². The molecule has 0 atom stereocenters. The lowest BCUT2D eigenvalue weighted by molar-refractivity contribution is -0.112. The molecule has 102 valence electrons. The number of rotatable bonds is 5. The lowest BCUT2D eigenvalue weighted by Crippen LogP contribution is -2.21. The van der Waals surface area contributed by atoms with Crippen LogP contribution in [0.1, 0.15) is 31.0 Å². The predicted molar refractivity (Wildman–Crippen MR) is 82.3 cm³/mol. The Hall–Kier alpha value is -2.35. The van der Waals surface area contributed by atoms with E-state index in [1.54, 1.807) is 13.0 Å². The summed E-state index contributed by atoms with van der Waals surface area (Å²) < 4.78 is 0. The summed E-state index contributed by atoms with van der Waals surface area (Å²) in [6.07, 6.45) is 1.62. The number of allylic oxidation sites excluding steroid dienone is 2. The zero-order chi connectivity index (χ0) is 14.4. The molecule has 20 heavy (non-hydrogen) atoms. The van der Waals surface area contributed by atoms with Crippen LogP contribution in [0.3, 0.4) is 0 Å². The number of hydrogen-bond acceptors (Lipinski definition) is 2. The summed E-state index contributed by atoms with van der Waals surface area (Å²) in [7, 11) is 0. The van der Waals surface area contributed by atoms with Crippen molar-refractivity contribution >= 4 is 5.78 Å². The molecule has 2 heteroatoms. The van der Waals surface area contributed by atoms with E-state index in [-0.39, 0.29) is 11.8 Å². The van der Waals surface area contributed by atoms with E-state index < -0.39 is 0 Å². The fraction of sp³-hybridized carbons (Fsp3) is 0.167. The van der Waals surface area contributed by atoms with E-state index in [1.165, 1.54) is 11.1 Å². The average Bonchev–Trinajstić information content (AvgIpc) is 2.46. The highest BCUT2D eigenvalue weighted by atomic mass is 16.1. The minimum atomic E-state index is 0.0491. The third kappa shape index (κ3) is 3.82. The van der Waals surface area contributed by atoms with Crippen LogP contribution in [0.5, 0.6) is 0 Å². The van der Waals surface area contributed by atoms with Crippen molar-refractivity contribution in [3.05, 3.63) is 83.6 Å². The maximum Gasteiger partial charge on any atom is 0.154 e. The van der Waals surface area contributed by atoms with E-state index >= 15 is 0 Å². The van der Waals surface area contributed by atoms with Crippen molar-refractivity contribution in [1.29, 1.82) is 0 Å². The standard InChI is InChI=1S/C18H19NO/c1-14(13-15(2)20)19-18(16-9-5-3-6-10-16)17-11-7-4-8-12-17/h3-13,18-19H,1-2H3/b14-13+. The van der Waals surface area contributed by atoms with Crippen LogP contribution in [-0.2, 0) is 4.79 Å². The number of carbonyl (C=O) groups excluding carboxylic acids is 1. The van der Waals surface area contributed by atoms with Crippen LogP contribution in [0.2, 0.25) is 0 Å². The van der Waals surface area contributed by atoms with Gasteiger partial charge in [-0.2, -0.15) is 0 Å². The second-order valence-electron chi connectivity index (χ2n) is 4.84. The van der Waals surface area contributed by atoms with Crippen molar-refractivity contribution in [2.75, 3.05) is 0 Å². The molecular weight excluding hydrogens is 246 g/mol. The molecule has 1 N–H and O–H groups in total. The van der Waals surface area contributed by atoms with Crippen LogP contribution in [0.25, 0.3) is 0 Å². The van der Waals surface area contributed by atoms with Gasteiger partial charge in [0.25, 0.3) is 0 Å². The van der Waals surface area contributed by atoms with Gasteiger partial charge in [-0.3, -0.25) is 4.79 Å². The van der Waals surface area contributed by atoms with Crippen molar-refractivity contribution in [3.63, 3.8) is 0 Å². The monoisotopic (exact) mass is 265 g/mol. The maximum absolute atomic E-state index is 11.2. The normalized spacial score (nSPS) is 11.4. The van der Waals surface area contributed by atoms with E-state index in [9.17, 15) is 4.79 Å². The number of carbonyl (C=O) groups is 1. The molecule has 0 aliphatic carbocycles. The van der Waals surface area contributed by atoms with Crippen molar-refractivity contribution in [1.82, 2.24) is 5.32 Å². The highest BCUT2D eigenvalue weighted by Crippen LogP contribution is 2.22. The van der Waals surface area contributed by atoms with E-state index in [4.69, 9.17) is 0 Å². The molecular formula is C18H19NO. The largest absolute Gasteiger partial charge is 0.378 e. The minimum absolute atomic E-state index is 0.0491. The van der Waals surface area contributed by atoms with Gasteiger partial charge in [0.2, 0.25) is 0 Å². The molecule has 0 saturated heterocycles. The number of ketones is 1. The smallest absolute Gasteiger partial charge is 0.154 e. The van der Waals surface area contributed by atoms with E-state index in [0.29, 0.717) is 0 Å². The summed E-state index contributed by atoms with van der Waals surface area (Å²) in [6, 6.07) is 20.5. The third-order valence-electron chi connectivity index (χ3n) is 3.06. The van der Waals surface area contributed by atoms with Gasteiger partial charge >= 0.3 is 0 Å². The highest BCUT2D eigenvalue weighted by molar-refractivity contribution is 5.87. The molecule has 0 fully saturated rings. The zero-order valence-electron chi connectivity index (χ0n) is 11.8. The molecule has 0 amide bonds.